The maximum Gasteiger partial charge on any atom is 0.325 e. The SMILES string of the molecule is C[C@H]1CCCC[C@@]12NC(=O)N(CC(=O)c1ccc(NC(=O)C(C)(C)C)cc1)C2=O. The fraction of sp³-hybridized carbons (Fsp3) is 0.545. The van der Waals surface area contributed by atoms with Crippen molar-refractivity contribution < 1.29 is 19.2 Å². The van der Waals surface area contributed by atoms with Crippen molar-refractivity contribution in [2.45, 2.75) is 58.9 Å². The third-order valence-electron chi connectivity index (χ3n) is 5.95. The zero-order valence-electron chi connectivity index (χ0n) is 17.5. The molecule has 156 valence electrons. The van der Waals surface area contributed by atoms with Crippen LogP contribution >= 0.6 is 0 Å². The van der Waals surface area contributed by atoms with Crippen LogP contribution < -0.4 is 10.6 Å². The summed E-state index contributed by atoms with van der Waals surface area (Å²) in [4.78, 5) is 51.2. The number of carbonyl (C=O) groups excluding carboxylic acids is 4. The van der Waals surface area contributed by atoms with Crippen LogP contribution in [0.2, 0.25) is 0 Å². The average Bonchev–Trinajstić information content (AvgIpc) is 2.89. The van der Waals surface area contributed by atoms with E-state index in [1.165, 1.54) is 0 Å². The van der Waals surface area contributed by atoms with Gasteiger partial charge in [0.25, 0.3) is 5.91 Å². The van der Waals surface area contributed by atoms with Gasteiger partial charge < -0.3 is 10.6 Å². The molecule has 4 amide bonds. The van der Waals surface area contributed by atoms with Gasteiger partial charge in [0, 0.05) is 16.7 Å². The van der Waals surface area contributed by atoms with E-state index < -0.39 is 17.0 Å². The molecule has 1 aliphatic heterocycles. The van der Waals surface area contributed by atoms with Crippen molar-refractivity contribution in [2.24, 2.45) is 11.3 Å². The maximum absolute atomic E-state index is 13.0. The van der Waals surface area contributed by atoms with Gasteiger partial charge in [-0.25, -0.2) is 4.79 Å². The fourth-order valence-corrected chi connectivity index (χ4v) is 3.93. The van der Waals surface area contributed by atoms with E-state index >= 15 is 0 Å². The number of rotatable bonds is 4. The summed E-state index contributed by atoms with van der Waals surface area (Å²) in [6, 6.07) is 5.99. The number of imide groups is 1. The second kappa shape index (κ2) is 7.61. The van der Waals surface area contributed by atoms with Crippen LogP contribution in [0.4, 0.5) is 10.5 Å². The summed E-state index contributed by atoms with van der Waals surface area (Å²) in [6.45, 7) is 7.15. The second-order valence-corrected chi connectivity index (χ2v) is 9.14. The van der Waals surface area contributed by atoms with Gasteiger partial charge in [0.15, 0.2) is 5.78 Å². The number of urea groups is 1. The molecule has 2 N–H and O–H groups in total. The van der Waals surface area contributed by atoms with E-state index in [0.29, 0.717) is 17.7 Å². The predicted molar refractivity (Wildman–Crippen MR) is 109 cm³/mol. The van der Waals surface area contributed by atoms with Crippen LogP contribution in [0.5, 0.6) is 0 Å². The van der Waals surface area contributed by atoms with Crippen LogP contribution in [-0.4, -0.2) is 40.6 Å². The molecule has 7 heteroatoms. The Kier molecular flexibility index (Phi) is 5.52. The molecule has 3 rings (SSSR count). The number of hydrogen-bond acceptors (Lipinski definition) is 4. The van der Waals surface area contributed by atoms with E-state index in [0.717, 1.165) is 24.2 Å². The third kappa shape index (κ3) is 4.04. The number of benzene rings is 1. The topological polar surface area (TPSA) is 95.6 Å². The minimum absolute atomic E-state index is 0.0542. The number of nitrogens with zero attached hydrogens (tertiary/aromatic N) is 1. The van der Waals surface area contributed by atoms with Crippen LogP contribution in [0.25, 0.3) is 0 Å². The summed E-state index contributed by atoms with van der Waals surface area (Å²) in [5.74, 6) is -0.679. The molecule has 0 unspecified atom stereocenters. The minimum atomic E-state index is -0.864. The molecule has 2 fully saturated rings. The third-order valence-corrected chi connectivity index (χ3v) is 5.95. The molecule has 29 heavy (non-hydrogen) atoms. The Morgan fingerprint density at radius 3 is 2.41 bits per heavy atom. The summed E-state index contributed by atoms with van der Waals surface area (Å²) in [5.41, 5.74) is -0.413. The number of nitrogens with one attached hydrogen (secondary N) is 2. The normalized spacial score (nSPS) is 24.6. The molecule has 2 atom stereocenters. The van der Waals surface area contributed by atoms with Gasteiger partial charge in [0.05, 0.1) is 6.54 Å². The van der Waals surface area contributed by atoms with Gasteiger partial charge in [-0.05, 0) is 43.0 Å². The maximum atomic E-state index is 13.0. The van der Waals surface area contributed by atoms with Crippen molar-refractivity contribution in [3.63, 3.8) is 0 Å². The number of Topliss-reactive ketones (excluding diaryl/α,β-unsaturated/α-hetero) is 1. The second-order valence-electron chi connectivity index (χ2n) is 9.14. The van der Waals surface area contributed by atoms with Gasteiger partial charge in [0.2, 0.25) is 5.91 Å². The first-order valence-electron chi connectivity index (χ1n) is 10.1. The number of hydrogen-bond donors (Lipinski definition) is 2. The molecule has 2 aliphatic rings. The van der Waals surface area contributed by atoms with Crippen molar-refractivity contribution in [3.8, 4) is 0 Å². The Bertz CT molecular complexity index is 841. The monoisotopic (exact) mass is 399 g/mol. The largest absolute Gasteiger partial charge is 0.326 e. The standard InChI is InChI=1S/C22H29N3O4/c1-14-7-5-6-12-22(14)19(28)25(20(29)24-22)13-17(26)15-8-10-16(11-9-15)23-18(27)21(2,3)4/h8-11,14H,5-7,12-13H2,1-4H3,(H,23,27)(H,24,29)/t14-,22+/m0/s1. The van der Waals surface area contributed by atoms with Gasteiger partial charge in [-0.3, -0.25) is 19.3 Å². The van der Waals surface area contributed by atoms with E-state index in [1.807, 2.05) is 27.7 Å². The van der Waals surface area contributed by atoms with Gasteiger partial charge in [-0.1, -0.05) is 40.5 Å². The Balaban J connectivity index is 1.68. The fourth-order valence-electron chi connectivity index (χ4n) is 3.93. The molecule has 1 heterocycles. The van der Waals surface area contributed by atoms with Gasteiger partial charge in [-0.2, -0.15) is 0 Å². The number of anilines is 1. The zero-order valence-corrected chi connectivity index (χ0v) is 17.5. The van der Waals surface area contributed by atoms with Crippen molar-refractivity contribution in [3.05, 3.63) is 29.8 Å². The lowest BCUT2D eigenvalue weighted by Crippen LogP contribution is -2.54. The van der Waals surface area contributed by atoms with Crippen molar-refractivity contribution in [1.82, 2.24) is 10.2 Å². The van der Waals surface area contributed by atoms with E-state index in [-0.39, 0.29) is 30.1 Å². The van der Waals surface area contributed by atoms with Crippen molar-refractivity contribution in [1.29, 1.82) is 0 Å². The molecule has 0 aromatic heterocycles. The molecule has 0 bridgehead atoms. The zero-order chi connectivity index (χ0) is 21.4. The minimum Gasteiger partial charge on any atom is -0.326 e. The number of ketones is 1. The van der Waals surface area contributed by atoms with Gasteiger partial charge in [0.1, 0.15) is 5.54 Å². The van der Waals surface area contributed by atoms with E-state index in [1.54, 1.807) is 24.3 Å². The summed E-state index contributed by atoms with van der Waals surface area (Å²) in [7, 11) is 0. The molecule has 1 saturated carbocycles. The first kappa shape index (κ1) is 21.0. The molecule has 7 nitrogen and oxygen atoms in total. The van der Waals surface area contributed by atoms with Gasteiger partial charge in [-0.15, -0.1) is 0 Å². The molecule has 1 aliphatic carbocycles. The predicted octanol–water partition coefficient (Wildman–Crippen LogP) is 3.35. The summed E-state index contributed by atoms with van der Waals surface area (Å²) in [6.07, 6.45) is 3.43. The smallest absolute Gasteiger partial charge is 0.325 e. The summed E-state index contributed by atoms with van der Waals surface area (Å²) < 4.78 is 0. The molecule has 1 spiro atoms. The molecular formula is C22H29N3O4. The lowest BCUT2D eigenvalue weighted by Gasteiger charge is -2.36. The van der Waals surface area contributed by atoms with E-state index in [9.17, 15) is 19.2 Å². The van der Waals surface area contributed by atoms with E-state index in [4.69, 9.17) is 0 Å². The first-order chi connectivity index (χ1) is 13.5. The average molecular weight is 399 g/mol. The highest BCUT2D eigenvalue weighted by atomic mass is 16.2. The van der Waals surface area contributed by atoms with E-state index in [2.05, 4.69) is 10.6 Å². The first-order valence-corrected chi connectivity index (χ1v) is 10.1. The Morgan fingerprint density at radius 2 is 1.83 bits per heavy atom. The summed E-state index contributed by atoms with van der Waals surface area (Å²) in [5, 5.41) is 5.66. The summed E-state index contributed by atoms with van der Waals surface area (Å²) >= 11 is 0. The van der Waals surface area contributed by atoms with Crippen LogP contribution in [0.3, 0.4) is 0 Å². The Morgan fingerprint density at radius 1 is 1.17 bits per heavy atom. The van der Waals surface area contributed by atoms with Crippen LogP contribution in [0.15, 0.2) is 24.3 Å². The molecule has 1 aromatic rings. The molecule has 1 saturated heterocycles. The Labute approximate surface area is 171 Å². The highest BCUT2D eigenvalue weighted by Gasteiger charge is 2.55. The quantitative estimate of drug-likeness (QED) is 0.599. The molecule has 0 radical (unpaired) electrons. The van der Waals surface area contributed by atoms with Crippen molar-refractivity contribution in [2.75, 3.05) is 11.9 Å². The lowest BCUT2D eigenvalue weighted by atomic mass is 9.73. The highest BCUT2D eigenvalue weighted by Crippen LogP contribution is 2.38. The van der Waals surface area contributed by atoms with Crippen LogP contribution in [0, 0.1) is 11.3 Å². The van der Waals surface area contributed by atoms with Crippen LogP contribution in [0.1, 0.15) is 63.7 Å². The van der Waals surface area contributed by atoms with Gasteiger partial charge >= 0.3 is 6.03 Å². The van der Waals surface area contributed by atoms with Crippen LogP contribution in [-0.2, 0) is 9.59 Å². The van der Waals surface area contributed by atoms with Crippen molar-refractivity contribution >= 4 is 29.3 Å². The lowest BCUT2D eigenvalue weighted by molar-refractivity contribution is -0.134. The molecule has 1 aromatic carbocycles. The molecular weight excluding hydrogens is 370 g/mol. The Hall–Kier alpha value is -2.70. The number of amides is 4. The highest BCUT2D eigenvalue weighted by molar-refractivity contribution is 6.11. The number of carbonyl (C=O) groups is 4.